The maximum absolute atomic E-state index is 10.1. The van der Waals surface area contributed by atoms with Crippen LogP contribution in [0.3, 0.4) is 0 Å². The van der Waals surface area contributed by atoms with Crippen molar-refractivity contribution in [3.05, 3.63) is 0 Å². The third kappa shape index (κ3) is 7.91. The molecule has 1 aliphatic heterocycles. The molecule has 96 valence electrons. The number of carboxylic acid groups (broad SMARTS) is 1. The van der Waals surface area contributed by atoms with Crippen LogP contribution < -0.4 is 16.8 Å². The molecule has 1 atom stereocenters. The first-order valence-corrected chi connectivity index (χ1v) is 4.92. The van der Waals surface area contributed by atoms with Gasteiger partial charge in [0.2, 0.25) is 17.7 Å². The van der Waals surface area contributed by atoms with E-state index in [2.05, 4.69) is 5.32 Å². The molecule has 1 unspecified atom stereocenters. The Morgan fingerprint density at radius 3 is 2.00 bits per heavy atom. The molecule has 1 saturated heterocycles. The van der Waals surface area contributed by atoms with Crippen molar-refractivity contribution in [2.45, 2.75) is 31.7 Å². The highest BCUT2D eigenvalue weighted by Crippen LogP contribution is 1.95. The number of amides is 3. The average Bonchev–Trinajstić information content (AvgIpc) is 2.59. The average molecular weight is 245 g/mol. The summed E-state index contributed by atoms with van der Waals surface area (Å²) in [5.41, 5.74) is 9.81. The third-order valence-electron chi connectivity index (χ3n) is 1.88. The van der Waals surface area contributed by atoms with Crippen LogP contribution in [0.2, 0.25) is 0 Å². The van der Waals surface area contributed by atoms with Gasteiger partial charge in [0, 0.05) is 19.3 Å². The molecule has 1 rings (SSSR count). The summed E-state index contributed by atoms with van der Waals surface area (Å²) in [6, 6.07) is -0.979. The molecular formula is C9H15N3O5. The fourth-order valence-corrected chi connectivity index (χ4v) is 0.929. The monoisotopic (exact) mass is 245 g/mol. The Morgan fingerprint density at radius 1 is 1.29 bits per heavy atom. The Labute approximate surface area is 97.3 Å². The summed E-state index contributed by atoms with van der Waals surface area (Å²) in [7, 11) is 0. The molecule has 0 aromatic rings. The molecule has 8 heteroatoms. The molecule has 1 aliphatic rings. The van der Waals surface area contributed by atoms with Crippen LogP contribution in [0.25, 0.3) is 0 Å². The van der Waals surface area contributed by atoms with Gasteiger partial charge in [-0.05, 0) is 6.42 Å². The number of aliphatic carboxylic acids is 1. The van der Waals surface area contributed by atoms with Gasteiger partial charge >= 0.3 is 5.97 Å². The number of carbonyl (C=O) groups excluding carboxylic acids is 3. The van der Waals surface area contributed by atoms with Crippen molar-refractivity contribution >= 4 is 23.7 Å². The topological polar surface area (TPSA) is 153 Å². The van der Waals surface area contributed by atoms with E-state index in [0.29, 0.717) is 12.8 Å². The number of hydrogen-bond donors (Lipinski definition) is 4. The Hall–Kier alpha value is -1.96. The summed E-state index contributed by atoms with van der Waals surface area (Å²) in [6.45, 7) is 0. The summed E-state index contributed by atoms with van der Waals surface area (Å²) in [5.74, 6) is -1.94. The minimum absolute atomic E-state index is 0.0213. The number of carboxylic acids is 1. The van der Waals surface area contributed by atoms with E-state index >= 15 is 0 Å². The Bertz CT molecular complexity index is 315. The van der Waals surface area contributed by atoms with Crippen molar-refractivity contribution in [2.75, 3.05) is 0 Å². The second kappa shape index (κ2) is 7.34. The number of rotatable bonds is 4. The molecular weight excluding hydrogens is 230 g/mol. The van der Waals surface area contributed by atoms with Crippen LogP contribution in [0, 0.1) is 0 Å². The maximum atomic E-state index is 10.1. The minimum Gasteiger partial charge on any atom is -0.480 e. The van der Waals surface area contributed by atoms with Gasteiger partial charge in [-0.15, -0.1) is 0 Å². The largest absolute Gasteiger partial charge is 0.480 e. The fraction of sp³-hybridized carbons (Fsp3) is 0.556. The van der Waals surface area contributed by atoms with Crippen LogP contribution in [0.4, 0.5) is 0 Å². The lowest BCUT2D eigenvalue weighted by molar-refractivity contribution is -0.138. The normalized spacial score (nSPS) is 15.6. The minimum atomic E-state index is -1.11. The van der Waals surface area contributed by atoms with Gasteiger partial charge in [-0.2, -0.15) is 0 Å². The predicted molar refractivity (Wildman–Crippen MR) is 56.4 cm³/mol. The van der Waals surface area contributed by atoms with E-state index in [1.807, 2.05) is 0 Å². The van der Waals surface area contributed by atoms with E-state index in [1.54, 1.807) is 0 Å². The van der Waals surface area contributed by atoms with Crippen LogP contribution >= 0.6 is 0 Å². The molecule has 0 spiro atoms. The van der Waals surface area contributed by atoms with Crippen molar-refractivity contribution in [1.82, 2.24) is 5.32 Å². The van der Waals surface area contributed by atoms with Crippen molar-refractivity contribution in [3.8, 4) is 0 Å². The van der Waals surface area contributed by atoms with Crippen molar-refractivity contribution in [1.29, 1.82) is 0 Å². The molecule has 0 radical (unpaired) electrons. The molecule has 6 N–H and O–H groups in total. The standard InChI is InChI=1S/C5H10N2O3.C4H5NO2/c6-3(5(9)10)1-2-4(7)8;6-3-1-2-4(7)5-3/h3H,1-2,6H2,(H2,7,8)(H,9,10);1-2H2,(H,5,6,7). The van der Waals surface area contributed by atoms with Crippen molar-refractivity contribution < 1.29 is 24.3 Å². The quantitative estimate of drug-likeness (QED) is 0.424. The lowest BCUT2D eigenvalue weighted by atomic mass is 10.2. The smallest absolute Gasteiger partial charge is 0.320 e. The molecule has 17 heavy (non-hydrogen) atoms. The van der Waals surface area contributed by atoms with Gasteiger partial charge in [-0.3, -0.25) is 24.5 Å². The van der Waals surface area contributed by atoms with Crippen molar-refractivity contribution in [2.24, 2.45) is 11.5 Å². The van der Waals surface area contributed by atoms with Crippen LogP contribution in [0.1, 0.15) is 25.7 Å². The fourth-order valence-electron chi connectivity index (χ4n) is 0.929. The van der Waals surface area contributed by atoms with E-state index in [1.165, 1.54) is 0 Å². The van der Waals surface area contributed by atoms with Gasteiger partial charge < -0.3 is 16.6 Å². The number of nitrogens with one attached hydrogen (secondary N) is 1. The molecule has 0 aromatic heterocycles. The second-order valence-electron chi connectivity index (χ2n) is 3.42. The maximum Gasteiger partial charge on any atom is 0.320 e. The number of carbonyl (C=O) groups is 4. The van der Waals surface area contributed by atoms with E-state index in [0.717, 1.165) is 0 Å². The molecule has 3 amide bonds. The zero-order valence-corrected chi connectivity index (χ0v) is 9.14. The number of nitrogens with two attached hydrogens (primary N) is 2. The lowest BCUT2D eigenvalue weighted by Crippen LogP contribution is -2.31. The number of imide groups is 1. The summed E-state index contributed by atoms with van der Waals surface area (Å²) < 4.78 is 0. The highest BCUT2D eigenvalue weighted by atomic mass is 16.4. The van der Waals surface area contributed by atoms with Gasteiger partial charge in [0.15, 0.2) is 0 Å². The second-order valence-corrected chi connectivity index (χ2v) is 3.42. The summed E-state index contributed by atoms with van der Waals surface area (Å²) in [4.78, 5) is 40.4. The predicted octanol–water partition coefficient (Wildman–Crippen LogP) is -1.91. The zero-order valence-electron chi connectivity index (χ0n) is 9.14. The lowest BCUT2D eigenvalue weighted by Gasteiger charge is -2.01. The van der Waals surface area contributed by atoms with Crippen LogP contribution in [0.5, 0.6) is 0 Å². The highest BCUT2D eigenvalue weighted by Gasteiger charge is 2.15. The number of primary amides is 1. The Kier molecular flexibility index (Phi) is 6.49. The molecule has 8 nitrogen and oxygen atoms in total. The van der Waals surface area contributed by atoms with E-state index in [4.69, 9.17) is 16.6 Å². The van der Waals surface area contributed by atoms with Gasteiger partial charge in [0.1, 0.15) is 6.04 Å². The highest BCUT2D eigenvalue weighted by molar-refractivity contribution is 6.01. The van der Waals surface area contributed by atoms with E-state index < -0.39 is 17.9 Å². The van der Waals surface area contributed by atoms with Gasteiger partial charge in [-0.25, -0.2) is 0 Å². The molecule has 1 heterocycles. The van der Waals surface area contributed by atoms with Crippen molar-refractivity contribution in [3.63, 3.8) is 0 Å². The molecule has 0 bridgehead atoms. The van der Waals surface area contributed by atoms with Gasteiger partial charge in [-0.1, -0.05) is 0 Å². The first kappa shape index (κ1) is 15.0. The third-order valence-corrected chi connectivity index (χ3v) is 1.88. The van der Waals surface area contributed by atoms with E-state index in [9.17, 15) is 19.2 Å². The molecule has 0 aliphatic carbocycles. The van der Waals surface area contributed by atoms with E-state index in [-0.39, 0.29) is 24.7 Å². The van der Waals surface area contributed by atoms with Crippen LogP contribution in [0.15, 0.2) is 0 Å². The summed E-state index contributed by atoms with van der Waals surface area (Å²) in [5, 5.41) is 10.4. The molecule has 0 aromatic carbocycles. The molecule has 0 saturated carbocycles. The summed E-state index contributed by atoms with van der Waals surface area (Å²) >= 11 is 0. The number of hydrogen-bond acceptors (Lipinski definition) is 5. The molecule has 1 fully saturated rings. The first-order valence-electron chi connectivity index (χ1n) is 4.92. The Balaban J connectivity index is 0.000000318. The first-order chi connectivity index (χ1) is 7.82. The van der Waals surface area contributed by atoms with Crippen LogP contribution in [-0.2, 0) is 19.2 Å². The zero-order chi connectivity index (χ0) is 13.4. The van der Waals surface area contributed by atoms with Gasteiger partial charge in [0.05, 0.1) is 0 Å². The summed E-state index contributed by atoms with van der Waals surface area (Å²) in [6.07, 6.45) is 0.871. The Morgan fingerprint density at radius 2 is 1.76 bits per heavy atom. The SMILES string of the molecule is NC(=O)CCC(N)C(=O)O.O=C1CCC(=O)N1. The van der Waals surface area contributed by atoms with Crippen LogP contribution in [-0.4, -0.2) is 34.8 Å². The van der Waals surface area contributed by atoms with Gasteiger partial charge in [0.25, 0.3) is 0 Å².